The minimum atomic E-state index is -0.116. The highest BCUT2D eigenvalue weighted by Crippen LogP contribution is 2.44. The molecule has 2 fully saturated rings. The summed E-state index contributed by atoms with van der Waals surface area (Å²) >= 11 is 0. The largest absolute Gasteiger partial charge is 0.492 e. The van der Waals surface area contributed by atoms with Crippen LogP contribution < -0.4 is 9.47 Å². The molecule has 3 rings (SSSR count). The number of pyridine rings is 1. The monoisotopic (exact) mass is 275 g/mol. The summed E-state index contributed by atoms with van der Waals surface area (Å²) in [7, 11) is 0. The highest BCUT2D eigenvalue weighted by molar-refractivity contribution is 5.77. The third-order valence-corrected chi connectivity index (χ3v) is 3.53. The van der Waals surface area contributed by atoms with Gasteiger partial charge in [-0.3, -0.25) is 9.78 Å². The van der Waals surface area contributed by atoms with Gasteiger partial charge in [0, 0.05) is 12.0 Å². The van der Waals surface area contributed by atoms with Crippen molar-refractivity contribution < 1.29 is 14.3 Å². The van der Waals surface area contributed by atoms with Gasteiger partial charge in [-0.2, -0.15) is 0 Å². The zero-order valence-electron chi connectivity index (χ0n) is 12.1. The van der Waals surface area contributed by atoms with Crippen LogP contribution in [0.3, 0.4) is 0 Å². The number of rotatable bonds is 6. The average molecular weight is 275 g/mol. The quantitative estimate of drug-likeness (QED) is 0.747. The molecular weight excluding hydrogens is 254 g/mol. The van der Waals surface area contributed by atoms with E-state index in [4.69, 9.17) is 9.47 Å². The maximum atomic E-state index is 11.9. The zero-order valence-corrected chi connectivity index (χ0v) is 12.1. The van der Waals surface area contributed by atoms with Crippen molar-refractivity contribution in [2.45, 2.75) is 45.4 Å². The van der Waals surface area contributed by atoms with Gasteiger partial charge >= 0.3 is 5.97 Å². The first-order valence-electron chi connectivity index (χ1n) is 7.48. The Bertz CT molecular complexity index is 504. The normalized spacial score (nSPS) is 18.1. The Labute approximate surface area is 119 Å². The Hall–Kier alpha value is -1.58. The van der Waals surface area contributed by atoms with Crippen molar-refractivity contribution in [3.05, 3.63) is 18.0 Å². The molecule has 0 bridgehead atoms. The molecule has 0 saturated heterocycles. The first kappa shape index (κ1) is 13.4. The Morgan fingerprint density at radius 1 is 1.35 bits per heavy atom. The topological polar surface area (TPSA) is 48.4 Å². The number of hydrogen-bond donors (Lipinski definition) is 0. The van der Waals surface area contributed by atoms with E-state index in [1.165, 1.54) is 0 Å². The molecule has 108 valence electrons. The van der Waals surface area contributed by atoms with Crippen LogP contribution in [0, 0.1) is 11.8 Å². The summed E-state index contributed by atoms with van der Waals surface area (Å²) in [4.78, 5) is 16.3. The van der Waals surface area contributed by atoms with Crippen LogP contribution in [-0.2, 0) is 4.79 Å². The van der Waals surface area contributed by atoms with Crippen LogP contribution in [0.4, 0.5) is 0 Å². The van der Waals surface area contributed by atoms with Crippen LogP contribution in [0.15, 0.2) is 12.3 Å². The van der Waals surface area contributed by atoms with E-state index in [1.807, 2.05) is 6.07 Å². The molecule has 2 aliphatic carbocycles. The number of carbonyl (C=O) groups excluding carboxylic acids is 1. The Balaban J connectivity index is 1.75. The summed E-state index contributed by atoms with van der Waals surface area (Å²) in [6.45, 7) is 4.83. The van der Waals surface area contributed by atoms with Crippen molar-refractivity contribution in [3.8, 4) is 11.5 Å². The van der Waals surface area contributed by atoms with Gasteiger partial charge < -0.3 is 9.47 Å². The van der Waals surface area contributed by atoms with Crippen LogP contribution in [-0.4, -0.2) is 17.6 Å². The number of carbonyl (C=O) groups is 1. The van der Waals surface area contributed by atoms with Crippen LogP contribution in [0.25, 0.3) is 0 Å². The maximum absolute atomic E-state index is 11.9. The molecule has 0 N–H and O–H groups in total. The lowest BCUT2D eigenvalue weighted by Gasteiger charge is -2.12. The van der Waals surface area contributed by atoms with E-state index in [-0.39, 0.29) is 11.9 Å². The SMILES string of the molecule is CC(C)COc1cnc(C2CC2)c(OC(=O)C2CC2)c1. The molecule has 2 aliphatic rings. The fourth-order valence-corrected chi connectivity index (χ4v) is 2.03. The first-order chi connectivity index (χ1) is 9.63. The molecule has 0 atom stereocenters. The molecule has 1 heterocycles. The first-order valence-corrected chi connectivity index (χ1v) is 7.48. The minimum Gasteiger partial charge on any atom is -0.492 e. The van der Waals surface area contributed by atoms with Crippen LogP contribution in [0.5, 0.6) is 11.5 Å². The van der Waals surface area contributed by atoms with E-state index >= 15 is 0 Å². The molecule has 0 aliphatic heterocycles. The van der Waals surface area contributed by atoms with Crippen molar-refractivity contribution >= 4 is 5.97 Å². The fraction of sp³-hybridized carbons (Fsp3) is 0.625. The Morgan fingerprint density at radius 2 is 2.10 bits per heavy atom. The van der Waals surface area contributed by atoms with Gasteiger partial charge in [0.1, 0.15) is 5.75 Å². The van der Waals surface area contributed by atoms with Crippen LogP contribution >= 0.6 is 0 Å². The maximum Gasteiger partial charge on any atom is 0.314 e. The summed E-state index contributed by atoms with van der Waals surface area (Å²) in [5, 5.41) is 0. The lowest BCUT2D eigenvalue weighted by molar-refractivity contribution is -0.135. The molecule has 2 saturated carbocycles. The highest BCUT2D eigenvalue weighted by atomic mass is 16.5. The van der Waals surface area contributed by atoms with Gasteiger partial charge in [0.15, 0.2) is 5.75 Å². The Morgan fingerprint density at radius 3 is 2.70 bits per heavy atom. The Kier molecular flexibility index (Phi) is 3.64. The second kappa shape index (κ2) is 5.43. The molecule has 0 spiro atoms. The van der Waals surface area contributed by atoms with Crippen molar-refractivity contribution in [2.75, 3.05) is 6.61 Å². The van der Waals surface area contributed by atoms with Gasteiger partial charge in [-0.15, -0.1) is 0 Å². The van der Waals surface area contributed by atoms with Gasteiger partial charge in [-0.25, -0.2) is 0 Å². The number of hydrogen-bond acceptors (Lipinski definition) is 4. The predicted octanol–water partition coefficient (Wildman–Crippen LogP) is 3.31. The highest BCUT2D eigenvalue weighted by Gasteiger charge is 2.34. The standard InChI is InChI=1S/C16H21NO3/c1-10(2)9-19-13-7-14(20-16(18)12-5-6-12)15(17-8-13)11-3-4-11/h7-8,10-12H,3-6,9H2,1-2H3. The average Bonchev–Trinajstić information content (AvgIpc) is 3.29. The van der Waals surface area contributed by atoms with Crippen molar-refractivity contribution in [1.82, 2.24) is 4.98 Å². The van der Waals surface area contributed by atoms with E-state index in [2.05, 4.69) is 18.8 Å². The summed E-state index contributed by atoms with van der Waals surface area (Å²) in [6.07, 6.45) is 5.91. The van der Waals surface area contributed by atoms with E-state index in [9.17, 15) is 4.79 Å². The van der Waals surface area contributed by atoms with E-state index in [1.54, 1.807) is 6.20 Å². The van der Waals surface area contributed by atoms with E-state index in [0.717, 1.165) is 31.4 Å². The summed E-state index contributed by atoms with van der Waals surface area (Å²) in [5.74, 6) is 2.18. The summed E-state index contributed by atoms with van der Waals surface area (Å²) in [6, 6.07) is 1.82. The van der Waals surface area contributed by atoms with E-state index in [0.29, 0.717) is 29.9 Å². The lowest BCUT2D eigenvalue weighted by atomic mass is 10.2. The number of ether oxygens (including phenoxy) is 2. The van der Waals surface area contributed by atoms with Crippen molar-refractivity contribution in [1.29, 1.82) is 0 Å². The second-order valence-electron chi connectivity index (χ2n) is 6.23. The molecule has 20 heavy (non-hydrogen) atoms. The summed E-state index contributed by atoms with van der Waals surface area (Å²) in [5.41, 5.74) is 0.913. The molecule has 0 radical (unpaired) electrons. The van der Waals surface area contributed by atoms with Crippen molar-refractivity contribution in [3.63, 3.8) is 0 Å². The zero-order chi connectivity index (χ0) is 14.1. The number of aromatic nitrogens is 1. The third-order valence-electron chi connectivity index (χ3n) is 3.53. The van der Waals surface area contributed by atoms with Gasteiger partial charge in [0.05, 0.1) is 24.4 Å². The van der Waals surface area contributed by atoms with Gasteiger partial charge in [0.25, 0.3) is 0 Å². The van der Waals surface area contributed by atoms with Crippen molar-refractivity contribution in [2.24, 2.45) is 11.8 Å². The molecule has 4 heteroatoms. The fourth-order valence-electron chi connectivity index (χ4n) is 2.03. The van der Waals surface area contributed by atoms with Crippen LogP contribution in [0.1, 0.15) is 51.1 Å². The molecule has 0 unspecified atom stereocenters. The molecule has 0 aromatic carbocycles. The van der Waals surface area contributed by atoms with Gasteiger partial charge in [0.2, 0.25) is 0 Å². The smallest absolute Gasteiger partial charge is 0.314 e. The summed E-state index contributed by atoms with van der Waals surface area (Å²) < 4.78 is 11.2. The minimum absolute atomic E-state index is 0.0993. The number of esters is 1. The van der Waals surface area contributed by atoms with Gasteiger partial charge in [-0.1, -0.05) is 13.8 Å². The molecule has 1 aromatic rings. The lowest BCUT2D eigenvalue weighted by Crippen LogP contribution is -2.12. The third kappa shape index (κ3) is 3.30. The van der Waals surface area contributed by atoms with Gasteiger partial charge in [-0.05, 0) is 31.6 Å². The predicted molar refractivity (Wildman–Crippen MR) is 74.9 cm³/mol. The number of nitrogens with zero attached hydrogens (tertiary/aromatic N) is 1. The van der Waals surface area contributed by atoms with E-state index < -0.39 is 0 Å². The molecule has 4 nitrogen and oxygen atoms in total. The molecule has 1 aromatic heterocycles. The molecular formula is C16H21NO3. The van der Waals surface area contributed by atoms with Crippen LogP contribution in [0.2, 0.25) is 0 Å². The second-order valence-corrected chi connectivity index (χ2v) is 6.23. The molecule has 0 amide bonds.